The topological polar surface area (TPSA) is 96.6 Å². The third kappa shape index (κ3) is 5.35. The molecular weight excluding hydrogens is 415 g/mol. The van der Waals surface area contributed by atoms with Crippen molar-refractivity contribution in [1.82, 2.24) is 9.66 Å². The van der Waals surface area contributed by atoms with Crippen molar-refractivity contribution in [2.24, 2.45) is 0 Å². The minimum Gasteiger partial charge on any atom is -0.493 e. The van der Waals surface area contributed by atoms with E-state index in [-0.39, 0.29) is 16.9 Å². The number of pyridine rings is 1. The van der Waals surface area contributed by atoms with Crippen molar-refractivity contribution < 1.29 is 32.9 Å². The first-order chi connectivity index (χ1) is 13.2. The molecule has 0 unspecified atom stereocenters. The van der Waals surface area contributed by atoms with Crippen LogP contribution in [0, 0.1) is 6.92 Å². The maximum absolute atomic E-state index is 12.8. The molecule has 0 aliphatic carbocycles. The molecule has 158 valence electrons. The number of nitrogens with zero attached hydrogens (tertiary/aromatic N) is 2. The maximum atomic E-state index is 12.8. The van der Waals surface area contributed by atoms with Gasteiger partial charge in [-0.1, -0.05) is 11.6 Å². The molecule has 0 saturated heterocycles. The number of hydrogen-bond donors (Lipinski definition) is 3. The van der Waals surface area contributed by atoms with Crippen LogP contribution in [0.25, 0.3) is 6.08 Å². The second kappa shape index (κ2) is 7.86. The Labute approximate surface area is 169 Å². The number of aromatic nitrogens is 2. The first-order valence-electron chi connectivity index (χ1n) is 8.25. The van der Waals surface area contributed by atoms with Crippen LogP contribution in [-0.4, -0.2) is 31.4 Å². The molecule has 3 N–H and O–H groups in total. The Balaban J connectivity index is 2.31. The normalized spacial score (nSPS) is 12.4. The summed E-state index contributed by atoms with van der Waals surface area (Å²) in [4.78, 5) is 15.4. The summed E-state index contributed by atoms with van der Waals surface area (Å²) < 4.78 is 44.2. The zero-order valence-corrected chi connectivity index (χ0v) is 16.7. The van der Waals surface area contributed by atoms with Crippen molar-refractivity contribution in [1.29, 1.82) is 0 Å². The second-order valence-electron chi connectivity index (χ2n) is 7.03. The summed E-state index contributed by atoms with van der Waals surface area (Å²) in [5, 5.41) is 19.8. The fraction of sp³-hybridized carbons (Fsp3) is 0.333. The molecule has 0 spiro atoms. The summed E-state index contributed by atoms with van der Waals surface area (Å²) >= 11 is 5.57. The number of carbonyl (C=O) groups excluding carboxylic acids is 1. The third-order valence-electron chi connectivity index (χ3n) is 3.58. The Bertz CT molecular complexity index is 963. The van der Waals surface area contributed by atoms with E-state index < -0.39 is 40.2 Å². The Morgan fingerprint density at radius 3 is 2.38 bits per heavy atom. The van der Waals surface area contributed by atoms with Gasteiger partial charge in [-0.2, -0.15) is 17.8 Å². The highest BCUT2D eigenvalue weighted by molar-refractivity contribution is 6.30. The van der Waals surface area contributed by atoms with E-state index in [1.165, 1.54) is 13.0 Å². The molecule has 0 saturated carbocycles. The molecule has 0 fully saturated rings. The summed E-state index contributed by atoms with van der Waals surface area (Å²) in [6, 6.07) is 1.70. The van der Waals surface area contributed by atoms with E-state index in [1.54, 1.807) is 20.8 Å². The average molecular weight is 434 g/mol. The lowest BCUT2D eigenvalue weighted by molar-refractivity contribution is -0.148. The first kappa shape index (κ1) is 22.4. The molecular formula is C18H19ClF3N3O4. The van der Waals surface area contributed by atoms with Crippen LogP contribution in [0.15, 0.2) is 18.2 Å². The number of nitrogens with one attached hydrogen (secondary N) is 1. The van der Waals surface area contributed by atoms with Gasteiger partial charge in [-0.25, -0.2) is 9.78 Å². The summed E-state index contributed by atoms with van der Waals surface area (Å²) in [6.45, 7) is 6.54. The van der Waals surface area contributed by atoms with Crippen molar-refractivity contribution >= 4 is 29.5 Å². The smallest absolute Gasteiger partial charge is 0.419 e. The van der Waals surface area contributed by atoms with E-state index in [1.807, 2.05) is 0 Å². The molecule has 2 rings (SSSR count). The molecule has 0 amide bonds. The Kier molecular flexibility index (Phi) is 6.07. The van der Waals surface area contributed by atoms with E-state index in [0.717, 1.165) is 16.8 Å². The summed E-state index contributed by atoms with van der Waals surface area (Å²) in [5.74, 6) is -1.76. The zero-order chi connectivity index (χ0) is 22.1. The summed E-state index contributed by atoms with van der Waals surface area (Å²) in [5.41, 5.74) is 0.920. The van der Waals surface area contributed by atoms with Crippen LogP contribution in [0.2, 0.25) is 5.15 Å². The van der Waals surface area contributed by atoms with Gasteiger partial charge < -0.3 is 14.9 Å². The number of ether oxygens (including phenoxy) is 1. The van der Waals surface area contributed by atoms with Gasteiger partial charge in [-0.15, -0.1) is 0 Å². The molecule has 0 atom stereocenters. The Hall–Kier alpha value is -2.88. The van der Waals surface area contributed by atoms with Crippen LogP contribution < -0.4 is 5.43 Å². The molecule has 29 heavy (non-hydrogen) atoms. The van der Waals surface area contributed by atoms with Gasteiger partial charge in [0.25, 0.3) is 0 Å². The largest absolute Gasteiger partial charge is 0.493 e. The van der Waals surface area contributed by atoms with Crippen molar-refractivity contribution in [2.45, 2.75) is 39.5 Å². The standard InChI is InChI=1S/C18H19ClF3N3O4/c1-9-10(5-8-13(26)29-17(2,3)4)16(28)25(15(9)27)24-12-7-6-11(14(19)23-12)18(20,21)22/h5-8,27-28H,1-4H3,(H,23,24)/b8-5+. The fourth-order valence-electron chi connectivity index (χ4n) is 2.29. The highest BCUT2D eigenvalue weighted by Gasteiger charge is 2.34. The van der Waals surface area contributed by atoms with Gasteiger partial charge in [-0.05, 0) is 45.9 Å². The number of hydrogen-bond acceptors (Lipinski definition) is 6. The number of anilines is 1. The summed E-state index contributed by atoms with van der Waals surface area (Å²) in [6.07, 6.45) is -2.36. The molecule has 2 heterocycles. The minimum atomic E-state index is -4.67. The predicted octanol–water partition coefficient (Wildman–Crippen LogP) is 4.51. The molecule has 2 aromatic heterocycles. The maximum Gasteiger partial charge on any atom is 0.419 e. The predicted molar refractivity (Wildman–Crippen MR) is 101 cm³/mol. The van der Waals surface area contributed by atoms with Gasteiger partial charge in [0, 0.05) is 17.2 Å². The minimum absolute atomic E-state index is 0.0962. The van der Waals surface area contributed by atoms with Gasteiger partial charge in [0.1, 0.15) is 16.6 Å². The van der Waals surface area contributed by atoms with E-state index in [4.69, 9.17) is 16.3 Å². The molecule has 7 nitrogen and oxygen atoms in total. The van der Waals surface area contributed by atoms with E-state index in [0.29, 0.717) is 6.07 Å². The SMILES string of the molecule is Cc1c(/C=C/C(=O)OC(C)(C)C)c(O)n(Nc2ccc(C(F)(F)F)c(Cl)n2)c1O. The highest BCUT2D eigenvalue weighted by atomic mass is 35.5. The van der Waals surface area contributed by atoms with Crippen LogP contribution in [-0.2, 0) is 15.7 Å². The number of halogens is 4. The van der Waals surface area contributed by atoms with Gasteiger partial charge in [0.15, 0.2) is 0 Å². The van der Waals surface area contributed by atoms with Gasteiger partial charge in [0.05, 0.1) is 5.56 Å². The van der Waals surface area contributed by atoms with E-state index >= 15 is 0 Å². The molecule has 0 radical (unpaired) electrons. The lowest BCUT2D eigenvalue weighted by Crippen LogP contribution is -2.22. The van der Waals surface area contributed by atoms with Crippen LogP contribution in [0.5, 0.6) is 11.8 Å². The molecule has 0 bridgehead atoms. The van der Waals surface area contributed by atoms with E-state index in [2.05, 4.69) is 10.4 Å². The van der Waals surface area contributed by atoms with Crippen LogP contribution >= 0.6 is 11.6 Å². The van der Waals surface area contributed by atoms with Crippen molar-refractivity contribution in [3.05, 3.63) is 40.1 Å². The Morgan fingerprint density at radius 2 is 1.86 bits per heavy atom. The number of aromatic hydroxyl groups is 2. The van der Waals surface area contributed by atoms with E-state index in [9.17, 15) is 28.2 Å². The Morgan fingerprint density at radius 1 is 1.24 bits per heavy atom. The average Bonchev–Trinajstić information content (AvgIpc) is 2.74. The van der Waals surface area contributed by atoms with Crippen LogP contribution in [0.1, 0.15) is 37.5 Å². The van der Waals surface area contributed by atoms with Crippen LogP contribution in [0.3, 0.4) is 0 Å². The molecule has 2 aromatic rings. The van der Waals surface area contributed by atoms with Crippen molar-refractivity contribution in [3.63, 3.8) is 0 Å². The lowest BCUT2D eigenvalue weighted by atomic mass is 10.2. The van der Waals surface area contributed by atoms with Gasteiger partial charge in [-0.3, -0.25) is 5.43 Å². The van der Waals surface area contributed by atoms with Gasteiger partial charge in [0.2, 0.25) is 11.8 Å². The second-order valence-corrected chi connectivity index (χ2v) is 7.39. The number of carbonyl (C=O) groups is 1. The first-order valence-corrected chi connectivity index (χ1v) is 8.63. The molecule has 11 heteroatoms. The molecule has 0 aromatic carbocycles. The molecule has 0 aliphatic rings. The lowest BCUT2D eigenvalue weighted by Gasteiger charge is -2.17. The monoisotopic (exact) mass is 433 g/mol. The quantitative estimate of drug-likeness (QED) is 0.373. The van der Waals surface area contributed by atoms with Crippen molar-refractivity contribution in [3.8, 4) is 11.8 Å². The fourth-order valence-corrected chi connectivity index (χ4v) is 2.55. The number of rotatable bonds is 4. The number of alkyl halides is 3. The number of esters is 1. The molecule has 0 aliphatic heterocycles. The summed E-state index contributed by atoms with van der Waals surface area (Å²) in [7, 11) is 0. The highest BCUT2D eigenvalue weighted by Crippen LogP contribution is 2.36. The van der Waals surface area contributed by atoms with Crippen LogP contribution in [0.4, 0.5) is 19.0 Å². The van der Waals surface area contributed by atoms with Crippen molar-refractivity contribution in [2.75, 3.05) is 5.43 Å². The zero-order valence-electron chi connectivity index (χ0n) is 15.9. The third-order valence-corrected chi connectivity index (χ3v) is 3.87. The van der Waals surface area contributed by atoms with Gasteiger partial charge >= 0.3 is 12.1 Å².